The molecule has 0 radical (unpaired) electrons. The van der Waals surface area contributed by atoms with Crippen molar-refractivity contribution in [1.82, 2.24) is 0 Å². The molecule has 2 N–H and O–H groups in total. The van der Waals surface area contributed by atoms with Crippen LogP contribution in [0.3, 0.4) is 0 Å². The van der Waals surface area contributed by atoms with Crippen LogP contribution in [0.1, 0.15) is 20.8 Å². The molecule has 0 spiro atoms. The number of nitrogens with two attached hydrogens (primary N) is 1. The smallest absolute Gasteiger partial charge is 0.429 e. The fraction of sp³-hybridized carbons (Fsp3) is 0.267. The first-order chi connectivity index (χ1) is 9.37. The molecule has 5 heteroatoms. The summed E-state index contributed by atoms with van der Waals surface area (Å²) in [4.78, 5) is 11.8. The number of carbonyl (C=O) groups excluding carboxylic acids is 1. The van der Waals surface area contributed by atoms with Crippen molar-refractivity contribution < 1.29 is 13.9 Å². The van der Waals surface area contributed by atoms with Gasteiger partial charge in [0, 0.05) is 5.56 Å². The van der Waals surface area contributed by atoms with Gasteiger partial charge in [-0.1, -0.05) is 0 Å². The number of rotatable bonds is 2. The lowest BCUT2D eigenvalue weighted by molar-refractivity contribution is 0.0580. The summed E-state index contributed by atoms with van der Waals surface area (Å²) in [6.45, 7) is 5.37. The van der Waals surface area contributed by atoms with Crippen LogP contribution in [0.2, 0.25) is 0 Å². The standard InChI is InChI=1S/C15H18N2O3/c1-15(2,3)20-14(18)17(16)12-8-6-11(7-9-12)13-5-4-10-19-13/h4-10H,16H2,1-3H3. The molecular weight excluding hydrogens is 256 g/mol. The molecule has 1 heterocycles. The molecule has 0 saturated heterocycles. The maximum atomic E-state index is 11.8. The molecule has 0 unspecified atom stereocenters. The van der Waals surface area contributed by atoms with Crippen molar-refractivity contribution in [3.8, 4) is 11.3 Å². The lowest BCUT2D eigenvalue weighted by Gasteiger charge is -2.24. The van der Waals surface area contributed by atoms with Gasteiger partial charge in [0.2, 0.25) is 0 Å². The van der Waals surface area contributed by atoms with Crippen molar-refractivity contribution >= 4 is 11.8 Å². The van der Waals surface area contributed by atoms with E-state index in [0.717, 1.165) is 16.3 Å². The minimum absolute atomic E-state index is 0.551. The van der Waals surface area contributed by atoms with Gasteiger partial charge < -0.3 is 9.15 Å². The van der Waals surface area contributed by atoms with Crippen LogP contribution < -0.4 is 10.9 Å². The summed E-state index contributed by atoms with van der Waals surface area (Å²) in [6.07, 6.45) is 1.02. The van der Waals surface area contributed by atoms with Crippen LogP contribution in [-0.2, 0) is 4.74 Å². The number of ether oxygens (including phenoxy) is 1. The van der Waals surface area contributed by atoms with Gasteiger partial charge in [0.05, 0.1) is 12.0 Å². The fourth-order valence-corrected chi connectivity index (χ4v) is 1.65. The molecule has 0 aliphatic carbocycles. The quantitative estimate of drug-likeness (QED) is 0.516. The number of nitrogens with zero attached hydrogens (tertiary/aromatic N) is 1. The van der Waals surface area contributed by atoms with Crippen LogP contribution in [-0.4, -0.2) is 11.7 Å². The Balaban J connectivity index is 2.12. The van der Waals surface area contributed by atoms with E-state index in [0.29, 0.717) is 5.69 Å². The molecule has 2 aromatic rings. The zero-order valence-corrected chi connectivity index (χ0v) is 11.8. The van der Waals surface area contributed by atoms with Gasteiger partial charge in [0.25, 0.3) is 0 Å². The molecule has 1 amide bonds. The first-order valence-electron chi connectivity index (χ1n) is 6.28. The topological polar surface area (TPSA) is 68.7 Å². The maximum absolute atomic E-state index is 11.8. The van der Waals surface area contributed by atoms with E-state index in [2.05, 4.69) is 0 Å². The first kappa shape index (κ1) is 14.1. The second-order valence-corrected chi connectivity index (χ2v) is 5.37. The Labute approximate surface area is 117 Å². The molecule has 5 nitrogen and oxygen atoms in total. The summed E-state index contributed by atoms with van der Waals surface area (Å²) in [6, 6.07) is 10.8. The Hall–Kier alpha value is -2.27. The van der Waals surface area contributed by atoms with Crippen molar-refractivity contribution in [2.75, 3.05) is 5.01 Å². The summed E-state index contributed by atoms with van der Waals surface area (Å²) >= 11 is 0. The van der Waals surface area contributed by atoms with E-state index in [-0.39, 0.29) is 0 Å². The van der Waals surface area contributed by atoms with Gasteiger partial charge >= 0.3 is 6.09 Å². The van der Waals surface area contributed by atoms with Crippen LogP contribution in [0, 0.1) is 0 Å². The second-order valence-electron chi connectivity index (χ2n) is 5.37. The third-order valence-corrected chi connectivity index (χ3v) is 2.54. The molecule has 0 saturated carbocycles. The summed E-state index contributed by atoms with van der Waals surface area (Å²) in [7, 11) is 0. The van der Waals surface area contributed by atoms with Crippen LogP contribution in [0.15, 0.2) is 47.1 Å². The molecule has 20 heavy (non-hydrogen) atoms. The minimum Gasteiger partial charge on any atom is -0.464 e. The Morgan fingerprint density at radius 1 is 1.20 bits per heavy atom. The van der Waals surface area contributed by atoms with Crippen molar-refractivity contribution in [2.24, 2.45) is 5.84 Å². The number of benzene rings is 1. The van der Waals surface area contributed by atoms with E-state index < -0.39 is 11.7 Å². The number of hydrogen-bond donors (Lipinski definition) is 1. The average molecular weight is 274 g/mol. The van der Waals surface area contributed by atoms with E-state index in [1.54, 1.807) is 39.2 Å². The largest absolute Gasteiger partial charge is 0.464 e. The number of hydrazine groups is 1. The van der Waals surface area contributed by atoms with Crippen molar-refractivity contribution in [2.45, 2.75) is 26.4 Å². The molecule has 0 atom stereocenters. The third kappa shape index (κ3) is 3.39. The fourth-order valence-electron chi connectivity index (χ4n) is 1.65. The molecule has 2 rings (SSSR count). The second kappa shape index (κ2) is 5.38. The number of hydrogen-bond acceptors (Lipinski definition) is 4. The summed E-state index contributed by atoms with van der Waals surface area (Å²) in [5.41, 5.74) is 0.883. The average Bonchev–Trinajstić information content (AvgIpc) is 2.90. The van der Waals surface area contributed by atoms with Crippen molar-refractivity contribution in [1.29, 1.82) is 0 Å². The molecule has 1 aromatic carbocycles. The van der Waals surface area contributed by atoms with Crippen molar-refractivity contribution in [3.05, 3.63) is 42.7 Å². The van der Waals surface area contributed by atoms with Gasteiger partial charge in [0.15, 0.2) is 0 Å². The van der Waals surface area contributed by atoms with Crippen LogP contribution in [0.5, 0.6) is 0 Å². The molecular formula is C15H18N2O3. The van der Waals surface area contributed by atoms with E-state index in [9.17, 15) is 4.79 Å². The Morgan fingerprint density at radius 2 is 1.85 bits per heavy atom. The third-order valence-electron chi connectivity index (χ3n) is 2.54. The highest BCUT2D eigenvalue weighted by molar-refractivity contribution is 5.86. The molecule has 0 bridgehead atoms. The zero-order valence-electron chi connectivity index (χ0n) is 11.8. The minimum atomic E-state index is -0.594. The molecule has 106 valence electrons. The van der Waals surface area contributed by atoms with Crippen LogP contribution in [0.4, 0.5) is 10.5 Å². The Kier molecular flexibility index (Phi) is 3.81. The molecule has 1 aromatic heterocycles. The predicted molar refractivity (Wildman–Crippen MR) is 77.0 cm³/mol. The lowest BCUT2D eigenvalue weighted by Crippen LogP contribution is -2.41. The van der Waals surface area contributed by atoms with Gasteiger partial charge in [-0.25, -0.2) is 15.6 Å². The molecule has 0 fully saturated rings. The summed E-state index contributed by atoms with van der Waals surface area (Å²) < 4.78 is 10.5. The highest BCUT2D eigenvalue weighted by atomic mass is 16.6. The zero-order chi connectivity index (χ0) is 14.8. The highest BCUT2D eigenvalue weighted by Crippen LogP contribution is 2.23. The monoisotopic (exact) mass is 274 g/mol. The lowest BCUT2D eigenvalue weighted by atomic mass is 10.1. The van der Waals surface area contributed by atoms with Gasteiger partial charge in [-0.3, -0.25) is 0 Å². The number of amides is 1. The summed E-state index contributed by atoms with van der Waals surface area (Å²) in [5, 5.41) is 0.983. The number of anilines is 1. The van der Waals surface area contributed by atoms with Gasteiger partial charge in [-0.15, -0.1) is 0 Å². The van der Waals surface area contributed by atoms with Crippen LogP contribution >= 0.6 is 0 Å². The highest BCUT2D eigenvalue weighted by Gasteiger charge is 2.21. The number of furan rings is 1. The SMILES string of the molecule is CC(C)(C)OC(=O)N(N)c1ccc(-c2ccco2)cc1. The molecule has 0 aliphatic rings. The van der Waals surface area contributed by atoms with E-state index in [4.69, 9.17) is 15.0 Å². The summed E-state index contributed by atoms with van der Waals surface area (Å²) in [5.74, 6) is 6.51. The first-order valence-corrected chi connectivity index (χ1v) is 6.28. The van der Waals surface area contributed by atoms with Gasteiger partial charge in [-0.05, 0) is 57.2 Å². The normalized spacial score (nSPS) is 11.2. The van der Waals surface area contributed by atoms with Crippen LogP contribution in [0.25, 0.3) is 11.3 Å². The Morgan fingerprint density at radius 3 is 2.35 bits per heavy atom. The van der Waals surface area contributed by atoms with E-state index in [1.807, 2.05) is 24.3 Å². The van der Waals surface area contributed by atoms with Gasteiger partial charge in [-0.2, -0.15) is 0 Å². The number of carbonyl (C=O) groups is 1. The maximum Gasteiger partial charge on any atom is 0.429 e. The van der Waals surface area contributed by atoms with Gasteiger partial charge in [0.1, 0.15) is 11.4 Å². The van der Waals surface area contributed by atoms with E-state index >= 15 is 0 Å². The predicted octanol–water partition coefficient (Wildman–Crippen LogP) is 3.56. The van der Waals surface area contributed by atoms with Crippen molar-refractivity contribution in [3.63, 3.8) is 0 Å². The molecule has 0 aliphatic heterocycles. The Bertz CT molecular complexity index is 568. The van der Waals surface area contributed by atoms with E-state index in [1.165, 1.54) is 0 Å².